The fourth-order valence-corrected chi connectivity index (χ4v) is 3.38. The highest BCUT2D eigenvalue weighted by molar-refractivity contribution is 5.96. The van der Waals surface area contributed by atoms with Crippen LogP contribution in [0.15, 0.2) is 24.3 Å². The van der Waals surface area contributed by atoms with E-state index in [0.29, 0.717) is 0 Å². The minimum absolute atomic E-state index is 0.157. The van der Waals surface area contributed by atoms with E-state index in [1.54, 1.807) is 18.2 Å². The zero-order chi connectivity index (χ0) is 24.7. The third-order valence-corrected chi connectivity index (χ3v) is 4.58. The van der Waals surface area contributed by atoms with E-state index in [-0.39, 0.29) is 23.7 Å². The molecule has 0 spiro atoms. The average molecular weight is 465 g/mol. The monoisotopic (exact) mass is 465 g/mol. The second-order valence-corrected chi connectivity index (χ2v) is 7.39. The van der Waals surface area contributed by atoms with Crippen LogP contribution < -0.4 is 10.1 Å². The number of hydrogen-bond acceptors (Lipinski definition) is 10. The molecule has 0 aromatic heterocycles. The molecule has 1 amide bonds. The largest absolute Gasteiger partial charge is 0.463 e. The minimum atomic E-state index is -1.30. The first-order chi connectivity index (χ1) is 15.5. The van der Waals surface area contributed by atoms with Crippen LogP contribution in [0.1, 0.15) is 45.0 Å². The van der Waals surface area contributed by atoms with Gasteiger partial charge in [0.2, 0.25) is 12.2 Å². The van der Waals surface area contributed by atoms with E-state index in [2.05, 4.69) is 5.32 Å². The van der Waals surface area contributed by atoms with Crippen LogP contribution in [-0.2, 0) is 38.1 Å². The van der Waals surface area contributed by atoms with Crippen LogP contribution in [0, 0.1) is 0 Å². The Balaban J connectivity index is 2.51. The van der Waals surface area contributed by atoms with Crippen molar-refractivity contribution in [3.05, 3.63) is 29.8 Å². The Morgan fingerprint density at radius 3 is 2.03 bits per heavy atom. The highest BCUT2D eigenvalue weighted by Gasteiger charge is 2.52. The highest BCUT2D eigenvalue weighted by Crippen LogP contribution is 2.30. The van der Waals surface area contributed by atoms with E-state index in [1.165, 1.54) is 26.8 Å². The van der Waals surface area contributed by atoms with E-state index >= 15 is 0 Å². The summed E-state index contributed by atoms with van der Waals surface area (Å²) in [5, 5.41) is 2.59. The Morgan fingerprint density at radius 2 is 1.48 bits per heavy atom. The van der Waals surface area contributed by atoms with Gasteiger partial charge >= 0.3 is 17.9 Å². The van der Waals surface area contributed by atoms with Gasteiger partial charge in [0.25, 0.3) is 0 Å². The lowest BCUT2D eigenvalue weighted by molar-refractivity contribution is -0.257. The van der Waals surface area contributed by atoms with Gasteiger partial charge < -0.3 is 29.0 Å². The molecule has 1 N–H and O–H groups in total. The molecule has 1 saturated heterocycles. The molecule has 1 fully saturated rings. The van der Waals surface area contributed by atoms with Gasteiger partial charge in [0.15, 0.2) is 18.0 Å². The summed E-state index contributed by atoms with van der Waals surface area (Å²) < 4.78 is 27.6. The molecule has 180 valence electrons. The first kappa shape index (κ1) is 25.8. The number of carbonyl (C=O) groups is 5. The predicted octanol–water partition coefficient (Wildman–Crippen LogP) is 0.924. The van der Waals surface area contributed by atoms with Crippen LogP contribution in [0.4, 0.5) is 0 Å². The molecule has 11 heteroatoms. The number of carbonyl (C=O) groups excluding carboxylic acids is 5. The van der Waals surface area contributed by atoms with E-state index in [0.717, 1.165) is 13.8 Å². The van der Waals surface area contributed by atoms with E-state index in [1.807, 2.05) is 0 Å². The lowest BCUT2D eigenvalue weighted by Crippen LogP contribution is -2.67. The van der Waals surface area contributed by atoms with Crippen molar-refractivity contribution in [2.75, 3.05) is 6.61 Å². The number of Topliss-reactive ketones (excluding diaryl/α,β-unsaturated/α-hetero) is 1. The molecule has 5 atom stereocenters. The van der Waals surface area contributed by atoms with Gasteiger partial charge in [-0.25, -0.2) is 0 Å². The maximum absolute atomic E-state index is 12.0. The zero-order valence-corrected chi connectivity index (χ0v) is 19.0. The highest BCUT2D eigenvalue weighted by atomic mass is 16.7. The molecule has 0 bridgehead atoms. The van der Waals surface area contributed by atoms with Crippen molar-refractivity contribution >= 4 is 29.6 Å². The third kappa shape index (κ3) is 7.28. The van der Waals surface area contributed by atoms with Crippen LogP contribution in [0.3, 0.4) is 0 Å². The van der Waals surface area contributed by atoms with Crippen molar-refractivity contribution in [2.45, 2.75) is 65.3 Å². The summed E-state index contributed by atoms with van der Waals surface area (Å²) in [7, 11) is 0. The number of ether oxygens (including phenoxy) is 5. The first-order valence-electron chi connectivity index (χ1n) is 10.2. The number of benzene rings is 1. The van der Waals surface area contributed by atoms with Gasteiger partial charge in [-0.2, -0.15) is 0 Å². The van der Waals surface area contributed by atoms with E-state index < -0.39 is 54.5 Å². The smallest absolute Gasteiger partial charge is 0.303 e. The molecule has 2 rings (SSSR count). The Labute approximate surface area is 190 Å². The van der Waals surface area contributed by atoms with Crippen molar-refractivity contribution in [2.24, 2.45) is 0 Å². The summed E-state index contributed by atoms with van der Waals surface area (Å²) in [6.45, 7) is 5.71. The number of amides is 1. The van der Waals surface area contributed by atoms with Crippen molar-refractivity contribution in [1.29, 1.82) is 0 Å². The molecule has 1 aliphatic rings. The first-order valence-corrected chi connectivity index (χ1v) is 10.2. The molecule has 1 aromatic carbocycles. The normalized spacial score (nSPS) is 24.2. The summed E-state index contributed by atoms with van der Waals surface area (Å²) in [5.41, 5.74) is 0.255. The van der Waals surface area contributed by atoms with Crippen LogP contribution in [0.5, 0.6) is 5.75 Å². The predicted molar refractivity (Wildman–Crippen MR) is 111 cm³/mol. The Kier molecular flexibility index (Phi) is 8.92. The number of ketones is 1. The number of esters is 3. The van der Waals surface area contributed by atoms with Crippen LogP contribution in [0.2, 0.25) is 0 Å². The third-order valence-electron chi connectivity index (χ3n) is 4.58. The molecule has 1 aromatic rings. The number of para-hydroxylation sites is 1. The van der Waals surface area contributed by atoms with Gasteiger partial charge in [-0.1, -0.05) is 12.1 Å². The Hall–Kier alpha value is -3.47. The van der Waals surface area contributed by atoms with Crippen LogP contribution in [-0.4, -0.2) is 66.8 Å². The lowest BCUT2D eigenvalue weighted by atomic mass is 9.96. The SMILES string of the molecule is CC(=O)NC1C(Oc2ccccc2C(C)=O)OC(COC(C)=O)C(OC(C)=O)C1OC(C)=O. The molecular weight excluding hydrogens is 438 g/mol. The molecule has 0 saturated carbocycles. The maximum atomic E-state index is 12.0. The van der Waals surface area contributed by atoms with Gasteiger partial charge in [0.1, 0.15) is 24.5 Å². The number of hydrogen-bond donors (Lipinski definition) is 1. The summed E-state index contributed by atoms with van der Waals surface area (Å²) in [4.78, 5) is 59.0. The summed E-state index contributed by atoms with van der Waals surface area (Å²) in [5.74, 6) is -2.67. The summed E-state index contributed by atoms with van der Waals surface area (Å²) >= 11 is 0. The molecule has 1 heterocycles. The fourth-order valence-electron chi connectivity index (χ4n) is 3.38. The molecular formula is C22H27NO10. The minimum Gasteiger partial charge on any atom is -0.463 e. The quantitative estimate of drug-likeness (QED) is 0.334. The van der Waals surface area contributed by atoms with Crippen LogP contribution in [0.25, 0.3) is 0 Å². The van der Waals surface area contributed by atoms with Crippen molar-refractivity contribution in [3.8, 4) is 5.75 Å². The van der Waals surface area contributed by atoms with Gasteiger partial charge in [-0.05, 0) is 19.1 Å². The van der Waals surface area contributed by atoms with Gasteiger partial charge in [0.05, 0.1) is 5.56 Å². The van der Waals surface area contributed by atoms with E-state index in [9.17, 15) is 24.0 Å². The van der Waals surface area contributed by atoms with E-state index in [4.69, 9.17) is 23.7 Å². The topological polar surface area (TPSA) is 144 Å². The molecule has 5 unspecified atom stereocenters. The second kappa shape index (κ2) is 11.4. The average Bonchev–Trinajstić information content (AvgIpc) is 2.70. The summed E-state index contributed by atoms with van der Waals surface area (Å²) in [6.07, 6.45) is -4.89. The van der Waals surface area contributed by atoms with Gasteiger partial charge in [-0.3, -0.25) is 24.0 Å². The summed E-state index contributed by atoms with van der Waals surface area (Å²) in [6, 6.07) is 5.24. The lowest BCUT2D eigenvalue weighted by Gasteiger charge is -2.44. The Bertz CT molecular complexity index is 914. The van der Waals surface area contributed by atoms with Crippen molar-refractivity contribution in [1.82, 2.24) is 5.32 Å². The van der Waals surface area contributed by atoms with Crippen LogP contribution >= 0.6 is 0 Å². The molecule has 0 aliphatic carbocycles. The fraction of sp³-hybridized carbons (Fsp3) is 0.500. The number of rotatable bonds is 8. The molecule has 11 nitrogen and oxygen atoms in total. The Morgan fingerprint density at radius 1 is 0.879 bits per heavy atom. The molecule has 0 radical (unpaired) electrons. The second-order valence-electron chi connectivity index (χ2n) is 7.39. The number of nitrogens with one attached hydrogen (secondary N) is 1. The van der Waals surface area contributed by atoms with Gasteiger partial charge in [0, 0.05) is 27.7 Å². The van der Waals surface area contributed by atoms with Crippen molar-refractivity contribution < 1.29 is 47.7 Å². The molecule has 1 aliphatic heterocycles. The molecule has 33 heavy (non-hydrogen) atoms. The zero-order valence-electron chi connectivity index (χ0n) is 19.0. The van der Waals surface area contributed by atoms with Crippen molar-refractivity contribution in [3.63, 3.8) is 0 Å². The standard InChI is InChI=1S/C22H27NO10/c1-11(24)16-8-6-7-9-17(16)32-22-19(23-12(2)25)21(31-15(5)28)20(30-14(4)27)18(33-22)10-29-13(3)26/h6-9,18-22H,10H2,1-5H3,(H,23,25). The maximum Gasteiger partial charge on any atom is 0.303 e. The van der Waals surface area contributed by atoms with Gasteiger partial charge in [-0.15, -0.1) is 0 Å².